The summed E-state index contributed by atoms with van der Waals surface area (Å²) in [6.07, 6.45) is 4.03. The molecule has 0 bridgehead atoms. The van der Waals surface area contributed by atoms with Crippen molar-refractivity contribution in [1.29, 1.82) is 0 Å². The van der Waals surface area contributed by atoms with Gasteiger partial charge in [-0.1, -0.05) is 30.3 Å². The number of rotatable bonds is 6. The van der Waals surface area contributed by atoms with Crippen LogP contribution in [0.3, 0.4) is 0 Å². The average Bonchev–Trinajstić information content (AvgIpc) is 2.67. The summed E-state index contributed by atoms with van der Waals surface area (Å²) in [5.41, 5.74) is 10.2. The van der Waals surface area contributed by atoms with Gasteiger partial charge in [0.05, 0.1) is 0 Å². The Morgan fingerprint density at radius 3 is 1.59 bits per heavy atom. The first kappa shape index (κ1) is 19.0. The zero-order valence-corrected chi connectivity index (χ0v) is 16.9. The summed E-state index contributed by atoms with van der Waals surface area (Å²) in [6.45, 7) is 12.5. The van der Waals surface area contributed by atoms with Crippen LogP contribution in [0.15, 0.2) is 73.3 Å². The minimum absolute atomic E-state index is 1.01. The molecule has 0 aliphatic heterocycles. The van der Waals surface area contributed by atoms with E-state index in [1.54, 1.807) is 0 Å². The molecular formula is C26H29N. The molecule has 0 saturated carbocycles. The van der Waals surface area contributed by atoms with E-state index >= 15 is 0 Å². The van der Waals surface area contributed by atoms with Gasteiger partial charge in [-0.05, 0) is 105 Å². The highest BCUT2D eigenvalue weighted by atomic mass is 15.1. The topological polar surface area (TPSA) is 3.24 Å². The van der Waals surface area contributed by atoms with E-state index < -0.39 is 0 Å². The summed E-state index contributed by atoms with van der Waals surface area (Å²) in [6, 6.07) is 22.3. The highest BCUT2D eigenvalue weighted by molar-refractivity contribution is 5.77. The fourth-order valence-electron chi connectivity index (χ4n) is 3.26. The summed E-state index contributed by atoms with van der Waals surface area (Å²) >= 11 is 0. The minimum atomic E-state index is 1.01. The van der Waals surface area contributed by atoms with Crippen LogP contribution in [-0.4, -0.2) is 0 Å². The normalized spacial score (nSPS) is 10.7. The van der Waals surface area contributed by atoms with E-state index in [4.69, 9.17) is 0 Å². The van der Waals surface area contributed by atoms with Crippen molar-refractivity contribution in [3.05, 3.63) is 101 Å². The average molecular weight is 356 g/mol. The summed E-state index contributed by atoms with van der Waals surface area (Å²) in [7, 11) is 0. The van der Waals surface area contributed by atoms with Crippen molar-refractivity contribution in [2.75, 3.05) is 4.90 Å². The van der Waals surface area contributed by atoms with Gasteiger partial charge in [0.25, 0.3) is 0 Å². The van der Waals surface area contributed by atoms with E-state index in [-0.39, 0.29) is 0 Å². The van der Waals surface area contributed by atoms with Crippen LogP contribution in [0.4, 0.5) is 17.1 Å². The molecule has 3 rings (SSSR count). The molecule has 0 aliphatic rings. The molecular weight excluding hydrogens is 326 g/mol. The second-order valence-electron chi connectivity index (χ2n) is 7.37. The number of hydrogen-bond acceptors (Lipinski definition) is 1. The Morgan fingerprint density at radius 1 is 0.667 bits per heavy atom. The maximum Gasteiger partial charge on any atom is 0.0464 e. The van der Waals surface area contributed by atoms with Crippen molar-refractivity contribution >= 4 is 17.1 Å². The van der Waals surface area contributed by atoms with E-state index in [2.05, 4.69) is 99.8 Å². The van der Waals surface area contributed by atoms with E-state index in [0.717, 1.165) is 12.8 Å². The van der Waals surface area contributed by atoms with Gasteiger partial charge in [-0.25, -0.2) is 0 Å². The van der Waals surface area contributed by atoms with E-state index in [0.29, 0.717) is 0 Å². The van der Waals surface area contributed by atoms with Crippen molar-refractivity contribution < 1.29 is 0 Å². The largest absolute Gasteiger partial charge is 0.310 e. The molecule has 1 nitrogen and oxygen atoms in total. The molecule has 0 atom stereocenters. The van der Waals surface area contributed by atoms with Crippen LogP contribution in [-0.2, 0) is 6.42 Å². The second kappa shape index (κ2) is 8.26. The molecule has 0 heterocycles. The Bertz CT molecular complexity index is 883. The lowest BCUT2D eigenvalue weighted by Gasteiger charge is -2.27. The zero-order valence-electron chi connectivity index (χ0n) is 16.9. The highest BCUT2D eigenvalue weighted by Crippen LogP contribution is 2.36. The fourth-order valence-corrected chi connectivity index (χ4v) is 3.26. The van der Waals surface area contributed by atoms with Gasteiger partial charge in [0, 0.05) is 17.1 Å². The molecule has 0 saturated heterocycles. The molecule has 3 aromatic carbocycles. The van der Waals surface area contributed by atoms with Crippen molar-refractivity contribution in [1.82, 2.24) is 0 Å². The third-order valence-electron chi connectivity index (χ3n) is 5.33. The minimum Gasteiger partial charge on any atom is -0.310 e. The first-order chi connectivity index (χ1) is 13.0. The first-order valence-electron chi connectivity index (χ1n) is 9.64. The van der Waals surface area contributed by atoms with Crippen LogP contribution in [0.5, 0.6) is 0 Å². The van der Waals surface area contributed by atoms with E-state index in [1.807, 2.05) is 6.08 Å². The lowest BCUT2D eigenvalue weighted by atomic mass is 10.0. The number of allylic oxidation sites excluding steroid dienone is 1. The summed E-state index contributed by atoms with van der Waals surface area (Å²) < 4.78 is 0. The summed E-state index contributed by atoms with van der Waals surface area (Å²) in [5, 5.41) is 0. The number of benzene rings is 3. The Hall–Kier alpha value is -2.80. The SMILES string of the molecule is C=CCCc1ccc(N(c2ccc(C)c(C)c2)c2ccc(C)c(C)c2)cc1. The maximum absolute atomic E-state index is 3.82. The molecule has 138 valence electrons. The molecule has 0 unspecified atom stereocenters. The molecule has 0 fully saturated rings. The quantitative estimate of drug-likeness (QED) is 0.414. The van der Waals surface area contributed by atoms with Gasteiger partial charge in [-0.2, -0.15) is 0 Å². The third kappa shape index (κ3) is 4.31. The monoisotopic (exact) mass is 355 g/mol. The number of nitrogens with zero attached hydrogens (tertiary/aromatic N) is 1. The molecule has 0 spiro atoms. The molecule has 0 amide bonds. The van der Waals surface area contributed by atoms with Gasteiger partial charge in [0.2, 0.25) is 0 Å². The second-order valence-corrected chi connectivity index (χ2v) is 7.37. The number of anilines is 3. The van der Waals surface area contributed by atoms with Crippen LogP contribution in [0.1, 0.15) is 34.2 Å². The standard InChI is InChI=1S/C26H29N/c1-6-7-8-23-11-15-24(16-12-23)27(25-13-9-19(2)21(4)17-25)26-14-10-20(3)22(5)18-26/h6,9-18H,1,7-8H2,2-5H3. The van der Waals surface area contributed by atoms with Gasteiger partial charge in [-0.3, -0.25) is 0 Å². The van der Waals surface area contributed by atoms with Crippen molar-refractivity contribution in [2.45, 2.75) is 40.5 Å². The Kier molecular flexibility index (Phi) is 5.81. The third-order valence-corrected chi connectivity index (χ3v) is 5.33. The van der Waals surface area contributed by atoms with Crippen LogP contribution in [0.2, 0.25) is 0 Å². The molecule has 0 N–H and O–H groups in total. The smallest absolute Gasteiger partial charge is 0.0464 e. The highest BCUT2D eigenvalue weighted by Gasteiger charge is 2.14. The van der Waals surface area contributed by atoms with E-state index in [9.17, 15) is 0 Å². The van der Waals surface area contributed by atoms with Crippen LogP contribution in [0, 0.1) is 27.7 Å². The predicted octanol–water partition coefficient (Wildman–Crippen LogP) is 7.51. The van der Waals surface area contributed by atoms with Gasteiger partial charge in [0.15, 0.2) is 0 Å². The molecule has 27 heavy (non-hydrogen) atoms. The van der Waals surface area contributed by atoms with Gasteiger partial charge < -0.3 is 4.90 Å². The van der Waals surface area contributed by atoms with Crippen LogP contribution >= 0.6 is 0 Å². The number of hydrogen-bond donors (Lipinski definition) is 0. The predicted molar refractivity (Wildman–Crippen MR) is 119 cm³/mol. The van der Waals surface area contributed by atoms with Gasteiger partial charge in [0.1, 0.15) is 0 Å². The Labute approximate surface area is 164 Å². The molecule has 0 aliphatic carbocycles. The maximum atomic E-state index is 3.82. The number of aryl methyl sites for hydroxylation is 5. The lowest BCUT2D eigenvalue weighted by molar-refractivity contribution is 1.00. The van der Waals surface area contributed by atoms with Crippen molar-refractivity contribution in [3.8, 4) is 0 Å². The first-order valence-corrected chi connectivity index (χ1v) is 9.64. The molecule has 0 aromatic heterocycles. The Morgan fingerprint density at radius 2 is 1.15 bits per heavy atom. The van der Waals surface area contributed by atoms with Crippen molar-refractivity contribution in [2.24, 2.45) is 0 Å². The molecule has 0 radical (unpaired) electrons. The van der Waals surface area contributed by atoms with E-state index in [1.165, 1.54) is 44.9 Å². The fraction of sp³-hybridized carbons (Fsp3) is 0.231. The lowest BCUT2D eigenvalue weighted by Crippen LogP contribution is -2.11. The zero-order chi connectivity index (χ0) is 19.4. The van der Waals surface area contributed by atoms with Crippen LogP contribution < -0.4 is 4.90 Å². The van der Waals surface area contributed by atoms with Gasteiger partial charge in [-0.15, -0.1) is 6.58 Å². The summed E-state index contributed by atoms with van der Waals surface area (Å²) in [4.78, 5) is 2.34. The van der Waals surface area contributed by atoms with Crippen LogP contribution in [0.25, 0.3) is 0 Å². The molecule has 1 heteroatoms. The summed E-state index contributed by atoms with van der Waals surface area (Å²) in [5.74, 6) is 0. The Balaban J connectivity index is 2.07. The molecule has 3 aromatic rings. The van der Waals surface area contributed by atoms with Gasteiger partial charge >= 0.3 is 0 Å². The van der Waals surface area contributed by atoms with Crippen molar-refractivity contribution in [3.63, 3.8) is 0 Å².